The Hall–Kier alpha value is -1.27. The number of alkyl halides is 3. The highest BCUT2D eigenvalue weighted by Gasteiger charge is 2.43. The smallest absolute Gasteiger partial charge is 0.341 e. The van der Waals surface area contributed by atoms with Crippen LogP contribution in [0.5, 0.6) is 0 Å². The summed E-state index contributed by atoms with van der Waals surface area (Å²) in [5.74, 6) is -2.13. The van der Waals surface area contributed by atoms with Gasteiger partial charge in [-0.1, -0.05) is 30.3 Å². The van der Waals surface area contributed by atoms with Crippen molar-refractivity contribution in [3.05, 3.63) is 35.9 Å². The fourth-order valence-electron chi connectivity index (χ4n) is 3.58. The number of rotatable bonds is 3. The number of fused-ring (bicyclic) bond motifs is 2. The molecular weight excluding hydrogens is 341 g/mol. The number of carbonyl (C=O) groups is 1. The van der Waals surface area contributed by atoms with Gasteiger partial charge in [0.15, 0.2) is 0 Å². The zero-order valence-electron chi connectivity index (χ0n) is 13.3. The average Bonchev–Trinajstić information content (AvgIpc) is 2.83. The summed E-state index contributed by atoms with van der Waals surface area (Å²) in [6.07, 6.45) is -2.01. The molecule has 0 radical (unpaired) electrons. The molecule has 2 aliphatic heterocycles. The SMILES string of the molecule is Cl.O=C(CC(c1ccccc1)C(F)(F)F)N1CCC2CCC(C1)N2. The normalized spacial score (nSPS) is 24.9. The second-order valence-electron chi connectivity index (χ2n) is 6.48. The van der Waals surface area contributed by atoms with E-state index in [2.05, 4.69) is 5.32 Å². The second kappa shape index (κ2) is 7.74. The molecule has 24 heavy (non-hydrogen) atoms. The van der Waals surface area contributed by atoms with Crippen molar-refractivity contribution < 1.29 is 18.0 Å². The number of carbonyl (C=O) groups excluding carboxylic acids is 1. The maximum atomic E-state index is 13.4. The van der Waals surface area contributed by atoms with Crippen molar-refractivity contribution in [2.24, 2.45) is 0 Å². The summed E-state index contributed by atoms with van der Waals surface area (Å²) in [6, 6.07) is 8.35. The number of nitrogens with zero attached hydrogens (tertiary/aromatic N) is 1. The first-order valence-corrected chi connectivity index (χ1v) is 8.09. The molecule has 1 aromatic rings. The van der Waals surface area contributed by atoms with E-state index in [4.69, 9.17) is 0 Å². The van der Waals surface area contributed by atoms with Crippen LogP contribution in [0.4, 0.5) is 13.2 Å². The quantitative estimate of drug-likeness (QED) is 0.892. The van der Waals surface area contributed by atoms with Crippen molar-refractivity contribution in [3.8, 4) is 0 Å². The molecule has 0 aliphatic carbocycles. The molecule has 3 rings (SSSR count). The highest BCUT2D eigenvalue weighted by atomic mass is 35.5. The van der Waals surface area contributed by atoms with Crippen LogP contribution in [0.1, 0.15) is 37.2 Å². The van der Waals surface area contributed by atoms with Crippen LogP contribution in [0.2, 0.25) is 0 Å². The van der Waals surface area contributed by atoms with E-state index in [9.17, 15) is 18.0 Å². The second-order valence-corrected chi connectivity index (χ2v) is 6.48. The minimum absolute atomic E-state index is 0. The molecule has 2 heterocycles. The van der Waals surface area contributed by atoms with E-state index < -0.39 is 24.4 Å². The average molecular weight is 363 g/mol. The maximum absolute atomic E-state index is 13.4. The van der Waals surface area contributed by atoms with Crippen molar-refractivity contribution in [1.29, 1.82) is 0 Å². The molecule has 0 saturated carbocycles. The molecule has 134 valence electrons. The molecule has 0 spiro atoms. The predicted molar refractivity (Wildman–Crippen MR) is 88.2 cm³/mol. The fraction of sp³-hybridized carbons (Fsp3) is 0.588. The largest absolute Gasteiger partial charge is 0.396 e. The van der Waals surface area contributed by atoms with Gasteiger partial charge in [-0.25, -0.2) is 0 Å². The minimum atomic E-state index is -4.42. The van der Waals surface area contributed by atoms with Gasteiger partial charge in [0, 0.05) is 31.6 Å². The summed E-state index contributed by atoms with van der Waals surface area (Å²) in [6.45, 7) is 1.07. The first-order chi connectivity index (χ1) is 10.9. The van der Waals surface area contributed by atoms with Gasteiger partial charge < -0.3 is 10.2 Å². The Morgan fingerprint density at radius 2 is 1.83 bits per heavy atom. The Bertz CT molecular complexity index is 553. The van der Waals surface area contributed by atoms with E-state index >= 15 is 0 Å². The van der Waals surface area contributed by atoms with Gasteiger partial charge in [0.2, 0.25) is 5.91 Å². The lowest BCUT2D eigenvalue weighted by Crippen LogP contribution is -2.40. The van der Waals surface area contributed by atoms with Gasteiger partial charge in [-0.3, -0.25) is 4.79 Å². The first kappa shape index (κ1) is 19.1. The molecule has 2 bridgehead atoms. The van der Waals surface area contributed by atoms with Crippen LogP contribution in [0, 0.1) is 0 Å². The zero-order valence-corrected chi connectivity index (χ0v) is 14.1. The number of hydrogen-bond donors (Lipinski definition) is 1. The van der Waals surface area contributed by atoms with E-state index in [0.717, 1.165) is 19.3 Å². The lowest BCUT2D eigenvalue weighted by atomic mass is 9.94. The Balaban J connectivity index is 0.00000208. The lowest BCUT2D eigenvalue weighted by Gasteiger charge is -2.27. The number of likely N-dealkylation sites (tertiary alicyclic amines) is 1. The van der Waals surface area contributed by atoms with E-state index in [1.807, 2.05) is 0 Å². The molecule has 1 amide bonds. The molecule has 3 unspecified atom stereocenters. The molecule has 1 N–H and O–H groups in total. The Kier molecular flexibility index (Phi) is 6.15. The maximum Gasteiger partial charge on any atom is 0.396 e. The van der Waals surface area contributed by atoms with Gasteiger partial charge in [0.05, 0.1) is 5.92 Å². The van der Waals surface area contributed by atoms with Crippen molar-refractivity contribution in [1.82, 2.24) is 10.2 Å². The third-order valence-corrected chi connectivity index (χ3v) is 4.85. The molecule has 0 aromatic heterocycles. The van der Waals surface area contributed by atoms with Crippen LogP contribution in [-0.4, -0.2) is 42.2 Å². The molecule has 2 saturated heterocycles. The van der Waals surface area contributed by atoms with Crippen LogP contribution < -0.4 is 5.32 Å². The van der Waals surface area contributed by atoms with Crippen LogP contribution in [0.3, 0.4) is 0 Å². The van der Waals surface area contributed by atoms with E-state index in [1.165, 1.54) is 12.1 Å². The zero-order chi connectivity index (χ0) is 16.4. The monoisotopic (exact) mass is 362 g/mol. The Morgan fingerprint density at radius 3 is 2.50 bits per heavy atom. The van der Waals surface area contributed by atoms with Gasteiger partial charge >= 0.3 is 6.18 Å². The summed E-state index contributed by atoms with van der Waals surface area (Å²) >= 11 is 0. The number of benzene rings is 1. The molecular formula is C17H22ClF3N2O. The van der Waals surface area contributed by atoms with Crippen molar-refractivity contribution >= 4 is 18.3 Å². The lowest BCUT2D eigenvalue weighted by molar-refractivity contribution is -0.160. The Morgan fingerprint density at radius 1 is 1.17 bits per heavy atom. The van der Waals surface area contributed by atoms with Crippen molar-refractivity contribution in [3.63, 3.8) is 0 Å². The highest BCUT2D eigenvalue weighted by Crippen LogP contribution is 2.38. The molecule has 7 heteroatoms. The van der Waals surface area contributed by atoms with Crippen molar-refractivity contribution in [2.75, 3.05) is 13.1 Å². The van der Waals surface area contributed by atoms with Gasteiger partial charge in [-0.05, 0) is 24.8 Å². The Labute approximate surface area is 146 Å². The van der Waals surface area contributed by atoms with E-state index in [-0.39, 0.29) is 24.0 Å². The number of nitrogens with one attached hydrogen (secondary N) is 1. The summed E-state index contributed by atoms with van der Waals surface area (Å²) in [5.41, 5.74) is 0.155. The molecule has 1 aromatic carbocycles. The van der Waals surface area contributed by atoms with Gasteiger partial charge in [-0.15, -0.1) is 12.4 Å². The van der Waals surface area contributed by atoms with Crippen LogP contribution in [-0.2, 0) is 4.79 Å². The molecule has 3 nitrogen and oxygen atoms in total. The van der Waals surface area contributed by atoms with Gasteiger partial charge in [-0.2, -0.15) is 13.2 Å². The summed E-state index contributed by atoms with van der Waals surface area (Å²) in [5, 5.41) is 3.44. The fourth-order valence-corrected chi connectivity index (χ4v) is 3.58. The standard InChI is InChI=1S/C17H21F3N2O.ClH/c18-17(19,20)15(12-4-2-1-3-5-12)10-16(23)22-9-8-13-6-7-14(11-22)21-13;/h1-5,13-15,21H,6-11H2;1H. The van der Waals surface area contributed by atoms with Crippen LogP contribution in [0.25, 0.3) is 0 Å². The molecule has 2 fully saturated rings. The van der Waals surface area contributed by atoms with Gasteiger partial charge in [0.1, 0.15) is 0 Å². The van der Waals surface area contributed by atoms with Crippen LogP contribution in [0.15, 0.2) is 30.3 Å². The van der Waals surface area contributed by atoms with Crippen LogP contribution >= 0.6 is 12.4 Å². The minimum Gasteiger partial charge on any atom is -0.341 e. The topological polar surface area (TPSA) is 32.3 Å². The van der Waals surface area contributed by atoms with E-state index in [1.54, 1.807) is 23.1 Å². The summed E-state index contributed by atoms with van der Waals surface area (Å²) in [7, 11) is 0. The van der Waals surface area contributed by atoms with Crippen molar-refractivity contribution in [2.45, 2.75) is 49.9 Å². The third-order valence-electron chi connectivity index (χ3n) is 4.85. The van der Waals surface area contributed by atoms with Gasteiger partial charge in [0.25, 0.3) is 0 Å². The highest BCUT2D eigenvalue weighted by molar-refractivity contribution is 5.85. The summed E-state index contributed by atoms with van der Waals surface area (Å²) in [4.78, 5) is 14.1. The first-order valence-electron chi connectivity index (χ1n) is 8.09. The third kappa shape index (κ3) is 4.42. The predicted octanol–water partition coefficient (Wildman–Crippen LogP) is 3.50. The number of hydrogen-bond acceptors (Lipinski definition) is 2. The van der Waals surface area contributed by atoms with E-state index in [0.29, 0.717) is 19.1 Å². The molecule has 2 aliphatic rings. The molecule has 3 atom stereocenters. The number of halogens is 4. The number of amides is 1. The summed E-state index contributed by atoms with van der Waals surface area (Å²) < 4.78 is 40.1.